The van der Waals surface area contributed by atoms with Gasteiger partial charge in [-0.1, -0.05) is 85.5 Å². The van der Waals surface area contributed by atoms with Crippen molar-refractivity contribution in [2.45, 2.75) is 24.5 Å². The maximum atomic E-state index is 2.42. The summed E-state index contributed by atoms with van der Waals surface area (Å²) in [7, 11) is -2.14. The van der Waals surface area contributed by atoms with Crippen molar-refractivity contribution in [3.05, 3.63) is 133 Å². The maximum absolute atomic E-state index is 2.42. The Labute approximate surface area is 274 Å². The quantitative estimate of drug-likeness (QED) is 0.167. The number of aromatic nitrogens is 2. The fourth-order valence-electron chi connectivity index (χ4n) is 6.98. The molecule has 0 spiro atoms. The van der Waals surface area contributed by atoms with E-state index >= 15 is 0 Å². The maximum Gasteiger partial charge on any atom is 0.0775 e. The molecular weight excluding hydrogens is 593 g/mol. The van der Waals surface area contributed by atoms with Crippen molar-refractivity contribution in [3.63, 3.8) is 0 Å². The van der Waals surface area contributed by atoms with E-state index in [0.717, 1.165) is 0 Å². The minimum atomic E-state index is -1.37. The van der Waals surface area contributed by atoms with Gasteiger partial charge in [0.25, 0.3) is 0 Å². The van der Waals surface area contributed by atoms with E-state index in [-0.39, 0.29) is 0 Å². The van der Waals surface area contributed by atoms with E-state index in [9.17, 15) is 0 Å². The van der Waals surface area contributed by atoms with Crippen LogP contribution in [0.4, 0.5) is 0 Å². The number of rotatable bonds is 5. The molecule has 0 fully saturated rings. The largest absolute Gasteiger partial charge is 0.309 e. The standard InChI is InChI=1S/C42H40N2SSi/c1-45(2,3)33-21-17-31(18-22-33)43-39-13-9-7-11-35(39)37-27-29(15-25-41(37)43)30-16-26-42-38(28-30)36-12-8-10-14-40(36)44(42)32-19-23-34(24-20-32)46(4,5)6/h7-28H,1-6H3. The SMILES string of the molecule is C[Si](C)(C)c1ccc(-n2c3ccccc3c3cc(-c4ccc5c(c4)c4ccccc4n5-c4ccc(S(C)(C)C)cc4)ccc32)cc1. The summed E-state index contributed by atoms with van der Waals surface area (Å²) in [4.78, 5) is 1.43. The molecule has 228 valence electrons. The molecule has 0 N–H and O–H groups in total. The summed E-state index contributed by atoms with van der Waals surface area (Å²) >= 11 is 0. The van der Waals surface area contributed by atoms with Gasteiger partial charge in [-0.25, -0.2) is 10.0 Å². The molecule has 0 bridgehead atoms. The van der Waals surface area contributed by atoms with Crippen LogP contribution in [0.2, 0.25) is 19.6 Å². The number of fused-ring (bicyclic) bond motifs is 6. The first-order chi connectivity index (χ1) is 22.1. The van der Waals surface area contributed by atoms with Crippen LogP contribution in [-0.4, -0.2) is 36.0 Å². The van der Waals surface area contributed by atoms with Gasteiger partial charge < -0.3 is 9.13 Å². The molecule has 0 aliphatic rings. The summed E-state index contributed by atoms with van der Waals surface area (Å²) in [5.41, 5.74) is 9.85. The van der Waals surface area contributed by atoms with Gasteiger partial charge in [0.1, 0.15) is 0 Å². The van der Waals surface area contributed by atoms with Crippen molar-refractivity contribution in [1.29, 1.82) is 0 Å². The number of hydrogen-bond donors (Lipinski definition) is 0. The van der Waals surface area contributed by atoms with Gasteiger partial charge in [-0.3, -0.25) is 0 Å². The first-order valence-corrected chi connectivity index (χ1v) is 22.4. The summed E-state index contributed by atoms with van der Waals surface area (Å²) < 4.78 is 4.84. The van der Waals surface area contributed by atoms with Crippen molar-refractivity contribution >= 4 is 66.9 Å². The van der Waals surface area contributed by atoms with Crippen molar-refractivity contribution in [3.8, 4) is 22.5 Å². The van der Waals surface area contributed by atoms with Crippen molar-refractivity contribution in [2.24, 2.45) is 0 Å². The molecule has 0 atom stereocenters. The van der Waals surface area contributed by atoms with Gasteiger partial charge in [-0.05, 0) is 108 Å². The first-order valence-electron chi connectivity index (χ1n) is 16.0. The summed E-state index contributed by atoms with van der Waals surface area (Å²) in [6, 6.07) is 50.1. The Kier molecular flexibility index (Phi) is 6.61. The Morgan fingerprint density at radius 2 is 0.848 bits per heavy atom. The highest BCUT2D eigenvalue weighted by Crippen LogP contribution is 2.45. The van der Waals surface area contributed by atoms with Gasteiger partial charge >= 0.3 is 0 Å². The van der Waals surface area contributed by atoms with E-state index in [4.69, 9.17) is 0 Å². The monoisotopic (exact) mass is 632 g/mol. The van der Waals surface area contributed by atoms with E-state index in [1.165, 1.54) is 76.2 Å². The minimum absolute atomic E-state index is 0.770. The molecule has 8 aromatic rings. The molecule has 0 aliphatic carbocycles. The molecule has 6 aromatic carbocycles. The predicted molar refractivity (Wildman–Crippen MR) is 207 cm³/mol. The molecule has 0 amide bonds. The third kappa shape index (κ3) is 4.71. The van der Waals surface area contributed by atoms with Gasteiger partial charge in [0.05, 0.1) is 30.1 Å². The Bertz CT molecular complexity index is 2240. The number of nitrogens with zero attached hydrogens (tertiary/aromatic N) is 2. The highest BCUT2D eigenvalue weighted by molar-refractivity contribution is 8.32. The lowest BCUT2D eigenvalue weighted by Crippen LogP contribution is -2.37. The summed E-state index contributed by atoms with van der Waals surface area (Å²) in [6.45, 7) is 7.22. The summed E-state index contributed by atoms with van der Waals surface area (Å²) in [6.07, 6.45) is 7.06. The third-order valence-corrected chi connectivity index (χ3v) is 13.2. The zero-order chi connectivity index (χ0) is 31.8. The molecule has 0 unspecified atom stereocenters. The van der Waals surface area contributed by atoms with Gasteiger partial charge in [0.2, 0.25) is 0 Å². The molecule has 0 aliphatic heterocycles. The average molecular weight is 633 g/mol. The van der Waals surface area contributed by atoms with Crippen LogP contribution >= 0.6 is 10.0 Å². The number of benzene rings is 6. The van der Waals surface area contributed by atoms with Crippen LogP contribution in [0.25, 0.3) is 66.1 Å². The molecule has 4 heteroatoms. The topological polar surface area (TPSA) is 9.86 Å². The van der Waals surface area contributed by atoms with Crippen molar-refractivity contribution in [2.75, 3.05) is 18.8 Å². The lowest BCUT2D eigenvalue weighted by Gasteiger charge is -2.26. The number of hydrogen-bond acceptors (Lipinski definition) is 0. The Balaban J connectivity index is 1.27. The fraction of sp³-hybridized carbons (Fsp3) is 0.143. The molecule has 46 heavy (non-hydrogen) atoms. The molecular formula is C42H40N2SSi. The van der Waals surface area contributed by atoms with E-state index in [2.05, 4.69) is 181 Å². The third-order valence-electron chi connectivity index (χ3n) is 9.47. The van der Waals surface area contributed by atoms with E-state index in [0.29, 0.717) is 0 Å². The van der Waals surface area contributed by atoms with Gasteiger partial charge in [-0.2, -0.15) is 0 Å². The normalized spacial score (nSPS) is 12.9. The first kappa shape index (κ1) is 28.9. The summed E-state index contributed by atoms with van der Waals surface area (Å²) in [5, 5.41) is 6.62. The van der Waals surface area contributed by atoms with Crippen LogP contribution in [-0.2, 0) is 0 Å². The molecule has 2 heterocycles. The van der Waals surface area contributed by atoms with E-state index < -0.39 is 18.1 Å². The minimum Gasteiger partial charge on any atom is -0.309 e. The van der Waals surface area contributed by atoms with E-state index in [1.54, 1.807) is 0 Å². The molecule has 0 saturated carbocycles. The molecule has 2 nitrogen and oxygen atoms in total. The second kappa shape index (κ2) is 10.5. The van der Waals surface area contributed by atoms with E-state index in [1.807, 2.05) is 0 Å². The van der Waals surface area contributed by atoms with Crippen LogP contribution < -0.4 is 5.19 Å². The fourth-order valence-corrected chi connectivity index (χ4v) is 9.09. The highest BCUT2D eigenvalue weighted by atomic mass is 32.3. The van der Waals surface area contributed by atoms with Crippen LogP contribution in [0.5, 0.6) is 0 Å². The Morgan fingerprint density at radius 1 is 0.435 bits per heavy atom. The molecule has 0 saturated heterocycles. The van der Waals surface area contributed by atoms with Crippen LogP contribution in [0.1, 0.15) is 0 Å². The molecule has 8 rings (SSSR count). The van der Waals surface area contributed by atoms with Gasteiger partial charge in [0.15, 0.2) is 0 Å². The summed E-state index contributed by atoms with van der Waals surface area (Å²) in [5.74, 6) is 0. The van der Waals surface area contributed by atoms with Crippen LogP contribution in [0.15, 0.2) is 138 Å². The average Bonchev–Trinajstić information content (AvgIpc) is 3.56. The van der Waals surface area contributed by atoms with Gasteiger partial charge in [-0.15, -0.1) is 0 Å². The molecule has 0 radical (unpaired) electrons. The Hall–Kier alpha value is -4.51. The van der Waals surface area contributed by atoms with Gasteiger partial charge in [0, 0.05) is 32.9 Å². The zero-order valence-corrected chi connectivity index (χ0v) is 29.3. The number of para-hydroxylation sites is 2. The van der Waals surface area contributed by atoms with Crippen LogP contribution in [0.3, 0.4) is 0 Å². The lowest BCUT2D eigenvalue weighted by molar-refractivity contribution is 1.17. The zero-order valence-electron chi connectivity index (χ0n) is 27.5. The predicted octanol–water partition coefficient (Wildman–Crippen LogP) is 11.1. The highest BCUT2D eigenvalue weighted by Gasteiger charge is 2.19. The smallest absolute Gasteiger partial charge is 0.0775 e. The van der Waals surface area contributed by atoms with Crippen molar-refractivity contribution < 1.29 is 0 Å². The van der Waals surface area contributed by atoms with Crippen molar-refractivity contribution in [1.82, 2.24) is 9.13 Å². The van der Waals surface area contributed by atoms with Crippen LogP contribution in [0, 0.1) is 0 Å². The molecule has 2 aromatic heterocycles. The lowest BCUT2D eigenvalue weighted by atomic mass is 10.0. The second-order valence-corrected chi connectivity index (χ2v) is 23.5. The second-order valence-electron chi connectivity index (χ2n) is 14.3. The Morgan fingerprint density at radius 3 is 1.28 bits per heavy atom.